The summed E-state index contributed by atoms with van der Waals surface area (Å²) in [5.74, 6) is 2.35. The largest absolute Gasteiger partial charge is 0.508 e. The molecular formula is C14H18FNO. The predicted octanol–water partition coefficient (Wildman–Crippen LogP) is 2.98. The molecule has 2 N–H and O–H groups in total. The van der Waals surface area contributed by atoms with Gasteiger partial charge in [-0.1, -0.05) is 6.92 Å². The molecule has 2 atom stereocenters. The minimum Gasteiger partial charge on any atom is -0.508 e. The number of terminal acetylenes is 1. The summed E-state index contributed by atoms with van der Waals surface area (Å²) in [5, 5.41) is 13.0. The zero-order valence-electron chi connectivity index (χ0n) is 10.2. The van der Waals surface area contributed by atoms with Crippen LogP contribution in [0.2, 0.25) is 0 Å². The highest BCUT2D eigenvalue weighted by molar-refractivity contribution is 5.34. The maximum absolute atomic E-state index is 13.1. The summed E-state index contributed by atoms with van der Waals surface area (Å²) in [5.41, 5.74) is 0.556. The van der Waals surface area contributed by atoms with Crippen molar-refractivity contribution in [1.29, 1.82) is 0 Å². The lowest BCUT2D eigenvalue weighted by Gasteiger charge is -2.21. The fourth-order valence-electron chi connectivity index (χ4n) is 1.78. The number of benzene rings is 1. The molecule has 92 valence electrons. The van der Waals surface area contributed by atoms with Crippen molar-refractivity contribution in [3.05, 3.63) is 29.6 Å². The highest BCUT2D eigenvalue weighted by Gasteiger charge is 2.14. The average Bonchev–Trinajstić information content (AvgIpc) is 2.31. The highest BCUT2D eigenvalue weighted by Crippen LogP contribution is 2.25. The summed E-state index contributed by atoms with van der Waals surface area (Å²) in [6.07, 6.45) is 6.79. The van der Waals surface area contributed by atoms with Crippen LogP contribution in [0.4, 0.5) is 4.39 Å². The van der Waals surface area contributed by atoms with Crippen molar-refractivity contribution < 1.29 is 9.50 Å². The number of phenols is 1. The van der Waals surface area contributed by atoms with Crippen molar-refractivity contribution in [2.45, 2.75) is 38.8 Å². The third-order valence-corrected chi connectivity index (χ3v) is 2.80. The van der Waals surface area contributed by atoms with Gasteiger partial charge < -0.3 is 10.4 Å². The van der Waals surface area contributed by atoms with E-state index in [0.717, 1.165) is 6.42 Å². The fraction of sp³-hybridized carbons (Fsp3) is 0.429. The van der Waals surface area contributed by atoms with Gasteiger partial charge in [-0.25, -0.2) is 4.39 Å². The highest BCUT2D eigenvalue weighted by atomic mass is 19.1. The van der Waals surface area contributed by atoms with E-state index in [1.807, 2.05) is 13.8 Å². The van der Waals surface area contributed by atoms with Gasteiger partial charge in [0.15, 0.2) is 0 Å². The Balaban J connectivity index is 2.78. The standard InChI is InChI=1S/C14H18FNO/c1-4-6-12(5-2)16-10(3)13-9-11(15)7-8-14(13)17/h1,7-10,12,16-17H,5-6H2,2-3H3. The number of phenolic OH excluding ortho intramolecular Hbond substituents is 1. The average molecular weight is 235 g/mol. The number of hydrogen-bond donors (Lipinski definition) is 2. The molecule has 0 radical (unpaired) electrons. The van der Waals surface area contributed by atoms with Gasteiger partial charge in [-0.3, -0.25) is 0 Å². The molecule has 0 saturated heterocycles. The molecule has 17 heavy (non-hydrogen) atoms. The molecule has 2 nitrogen and oxygen atoms in total. The van der Waals surface area contributed by atoms with Crippen molar-refractivity contribution in [2.24, 2.45) is 0 Å². The van der Waals surface area contributed by atoms with E-state index >= 15 is 0 Å². The molecule has 1 aromatic rings. The van der Waals surface area contributed by atoms with Gasteiger partial charge in [0.05, 0.1) is 0 Å². The molecule has 0 aliphatic carbocycles. The number of hydrogen-bond acceptors (Lipinski definition) is 2. The Hall–Kier alpha value is -1.53. The number of rotatable bonds is 5. The fourth-order valence-corrected chi connectivity index (χ4v) is 1.78. The minimum absolute atomic E-state index is 0.0990. The molecule has 0 aliphatic heterocycles. The number of aromatic hydroxyl groups is 1. The molecule has 0 amide bonds. The second kappa shape index (κ2) is 6.27. The van der Waals surface area contributed by atoms with Crippen LogP contribution in [0.25, 0.3) is 0 Å². The second-order valence-corrected chi connectivity index (χ2v) is 4.10. The van der Waals surface area contributed by atoms with Crippen molar-refractivity contribution in [3.63, 3.8) is 0 Å². The molecule has 0 bridgehead atoms. The van der Waals surface area contributed by atoms with Crippen molar-refractivity contribution >= 4 is 0 Å². The second-order valence-electron chi connectivity index (χ2n) is 4.10. The molecule has 0 fully saturated rings. The van der Waals surface area contributed by atoms with Crippen LogP contribution >= 0.6 is 0 Å². The first-order valence-corrected chi connectivity index (χ1v) is 5.76. The monoisotopic (exact) mass is 235 g/mol. The molecule has 0 heterocycles. The first kappa shape index (κ1) is 13.5. The van der Waals surface area contributed by atoms with E-state index < -0.39 is 0 Å². The summed E-state index contributed by atoms with van der Waals surface area (Å²) in [7, 11) is 0. The predicted molar refractivity (Wildman–Crippen MR) is 67.1 cm³/mol. The van der Waals surface area contributed by atoms with Crippen LogP contribution in [0.5, 0.6) is 5.75 Å². The van der Waals surface area contributed by atoms with E-state index in [4.69, 9.17) is 6.42 Å². The topological polar surface area (TPSA) is 32.3 Å². The third kappa shape index (κ3) is 3.76. The maximum atomic E-state index is 13.1. The SMILES string of the molecule is C#CCC(CC)NC(C)c1cc(F)ccc1O. The van der Waals surface area contributed by atoms with Crippen LogP contribution in [0.3, 0.4) is 0 Å². The van der Waals surface area contributed by atoms with Crippen LogP contribution in [0.1, 0.15) is 38.3 Å². The maximum Gasteiger partial charge on any atom is 0.123 e. The first-order chi connectivity index (χ1) is 8.08. The number of halogens is 1. The van der Waals surface area contributed by atoms with Gasteiger partial charge >= 0.3 is 0 Å². The van der Waals surface area contributed by atoms with E-state index in [1.165, 1.54) is 18.2 Å². The Kier molecular flexibility index (Phi) is 4.99. The molecule has 1 rings (SSSR count). The van der Waals surface area contributed by atoms with Crippen LogP contribution in [0, 0.1) is 18.2 Å². The molecule has 0 saturated carbocycles. The third-order valence-electron chi connectivity index (χ3n) is 2.80. The molecule has 1 aromatic carbocycles. The Morgan fingerprint density at radius 3 is 2.82 bits per heavy atom. The smallest absolute Gasteiger partial charge is 0.123 e. The summed E-state index contributed by atoms with van der Waals surface area (Å²) in [6.45, 7) is 3.92. The molecule has 0 aliphatic rings. The molecule has 3 heteroatoms. The summed E-state index contributed by atoms with van der Waals surface area (Å²) >= 11 is 0. The van der Waals surface area contributed by atoms with Crippen LogP contribution in [-0.2, 0) is 0 Å². The lowest BCUT2D eigenvalue weighted by Crippen LogP contribution is -2.30. The molecular weight excluding hydrogens is 217 g/mol. The van der Waals surface area contributed by atoms with E-state index in [0.29, 0.717) is 12.0 Å². The lowest BCUT2D eigenvalue weighted by molar-refractivity contribution is 0.418. The Morgan fingerprint density at radius 1 is 1.53 bits per heavy atom. The van der Waals surface area contributed by atoms with Gasteiger partial charge in [0.25, 0.3) is 0 Å². The molecule has 2 unspecified atom stereocenters. The van der Waals surface area contributed by atoms with Crippen LogP contribution in [-0.4, -0.2) is 11.1 Å². The molecule has 0 spiro atoms. The lowest BCUT2D eigenvalue weighted by atomic mass is 10.0. The van der Waals surface area contributed by atoms with E-state index in [2.05, 4.69) is 11.2 Å². The Morgan fingerprint density at radius 2 is 2.24 bits per heavy atom. The van der Waals surface area contributed by atoms with Gasteiger partial charge in [-0.05, 0) is 31.5 Å². The van der Waals surface area contributed by atoms with E-state index in [-0.39, 0.29) is 23.7 Å². The van der Waals surface area contributed by atoms with Gasteiger partial charge in [-0.15, -0.1) is 12.3 Å². The summed E-state index contributed by atoms with van der Waals surface area (Å²) in [6, 6.07) is 3.99. The zero-order chi connectivity index (χ0) is 12.8. The van der Waals surface area contributed by atoms with Crippen LogP contribution < -0.4 is 5.32 Å². The zero-order valence-corrected chi connectivity index (χ0v) is 10.2. The van der Waals surface area contributed by atoms with Crippen molar-refractivity contribution in [3.8, 4) is 18.1 Å². The number of nitrogens with one attached hydrogen (secondary N) is 1. The normalized spacial score (nSPS) is 14.0. The van der Waals surface area contributed by atoms with Gasteiger partial charge in [0.1, 0.15) is 11.6 Å². The van der Waals surface area contributed by atoms with Gasteiger partial charge in [-0.2, -0.15) is 0 Å². The Bertz CT molecular complexity index is 411. The first-order valence-electron chi connectivity index (χ1n) is 5.76. The van der Waals surface area contributed by atoms with Gasteiger partial charge in [0, 0.05) is 24.1 Å². The summed E-state index contributed by atoms with van der Waals surface area (Å²) < 4.78 is 13.1. The van der Waals surface area contributed by atoms with E-state index in [1.54, 1.807) is 0 Å². The minimum atomic E-state index is -0.351. The quantitative estimate of drug-likeness (QED) is 0.769. The van der Waals surface area contributed by atoms with Crippen LogP contribution in [0.15, 0.2) is 18.2 Å². The molecule has 0 aromatic heterocycles. The van der Waals surface area contributed by atoms with Crippen molar-refractivity contribution in [1.82, 2.24) is 5.32 Å². The van der Waals surface area contributed by atoms with Gasteiger partial charge in [0.2, 0.25) is 0 Å². The Labute approximate surface area is 102 Å². The summed E-state index contributed by atoms with van der Waals surface area (Å²) in [4.78, 5) is 0. The van der Waals surface area contributed by atoms with E-state index in [9.17, 15) is 9.50 Å². The van der Waals surface area contributed by atoms with Crippen molar-refractivity contribution in [2.75, 3.05) is 0 Å².